The third-order valence-corrected chi connectivity index (χ3v) is 6.04. The molecule has 4 rings (SSSR count). The molecule has 7 nitrogen and oxygen atoms in total. The summed E-state index contributed by atoms with van der Waals surface area (Å²) in [4.78, 5) is 39.3. The Balaban J connectivity index is 1.45. The van der Waals surface area contributed by atoms with Gasteiger partial charge in [0.05, 0.1) is 5.69 Å². The fraction of sp³-hybridized carbons (Fsp3) is 0.222. The minimum Gasteiger partial charge on any atom is -0.480 e. The summed E-state index contributed by atoms with van der Waals surface area (Å²) in [7, 11) is 0. The highest BCUT2D eigenvalue weighted by Crippen LogP contribution is 2.28. The molecule has 1 aliphatic heterocycles. The zero-order valence-corrected chi connectivity index (χ0v) is 19.0. The van der Waals surface area contributed by atoms with Gasteiger partial charge in [0, 0.05) is 18.5 Å². The third kappa shape index (κ3) is 5.84. The van der Waals surface area contributed by atoms with E-state index in [1.807, 2.05) is 48.5 Å². The van der Waals surface area contributed by atoms with Gasteiger partial charge < -0.3 is 20.6 Å². The molecule has 180 valence electrons. The lowest BCUT2D eigenvalue weighted by atomic mass is 10.0. The van der Waals surface area contributed by atoms with Gasteiger partial charge in [-0.3, -0.25) is 4.79 Å². The van der Waals surface area contributed by atoms with E-state index in [9.17, 15) is 23.9 Å². The molecule has 0 saturated carbocycles. The lowest BCUT2D eigenvalue weighted by Crippen LogP contribution is -2.52. The van der Waals surface area contributed by atoms with E-state index >= 15 is 0 Å². The van der Waals surface area contributed by atoms with Gasteiger partial charge in [0.1, 0.15) is 17.9 Å². The number of nitrogens with zero attached hydrogens (tertiary/aromatic N) is 1. The van der Waals surface area contributed by atoms with E-state index in [1.54, 1.807) is 6.07 Å². The second kappa shape index (κ2) is 10.8. The smallest absolute Gasteiger partial charge is 0.326 e. The van der Waals surface area contributed by atoms with Crippen molar-refractivity contribution in [3.05, 3.63) is 90.2 Å². The highest BCUT2D eigenvalue weighted by atomic mass is 19.1. The van der Waals surface area contributed by atoms with E-state index in [2.05, 4.69) is 10.6 Å². The average Bonchev–Trinajstić information content (AvgIpc) is 3.36. The van der Waals surface area contributed by atoms with Gasteiger partial charge in [-0.25, -0.2) is 14.0 Å². The molecule has 1 unspecified atom stereocenters. The van der Waals surface area contributed by atoms with Gasteiger partial charge >= 0.3 is 12.0 Å². The first-order chi connectivity index (χ1) is 16.9. The lowest BCUT2D eigenvalue weighted by molar-refractivity contribution is -0.142. The number of carboxylic acids is 1. The molecule has 0 radical (unpaired) electrons. The molecule has 35 heavy (non-hydrogen) atoms. The predicted octanol–water partition coefficient (Wildman–Crippen LogP) is 4.30. The maximum absolute atomic E-state index is 13.2. The van der Waals surface area contributed by atoms with E-state index in [0.717, 1.165) is 11.1 Å². The number of carbonyl (C=O) groups excluding carboxylic acids is 2. The number of amides is 3. The first kappa shape index (κ1) is 23.9. The van der Waals surface area contributed by atoms with Crippen LogP contribution in [0.4, 0.5) is 14.9 Å². The zero-order valence-electron chi connectivity index (χ0n) is 19.0. The topological polar surface area (TPSA) is 98.7 Å². The van der Waals surface area contributed by atoms with Crippen molar-refractivity contribution in [2.75, 3.05) is 11.9 Å². The Hall–Kier alpha value is -4.20. The van der Waals surface area contributed by atoms with Gasteiger partial charge in [-0.05, 0) is 42.2 Å². The summed E-state index contributed by atoms with van der Waals surface area (Å²) >= 11 is 0. The van der Waals surface area contributed by atoms with E-state index in [1.165, 1.54) is 29.2 Å². The molecule has 1 saturated heterocycles. The fourth-order valence-corrected chi connectivity index (χ4v) is 4.26. The first-order valence-corrected chi connectivity index (χ1v) is 11.4. The Kier molecular flexibility index (Phi) is 7.40. The maximum Gasteiger partial charge on any atom is 0.326 e. The van der Waals surface area contributed by atoms with Gasteiger partial charge in [0.15, 0.2) is 0 Å². The van der Waals surface area contributed by atoms with Crippen molar-refractivity contribution in [3.8, 4) is 11.1 Å². The Morgan fingerprint density at radius 2 is 1.66 bits per heavy atom. The number of likely N-dealkylation sites (tertiary alicyclic amines) is 1. The molecular weight excluding hydrogens is 449 g/mol. The Labute approximate surface area is 202 Å². The van der Waals surface area contributed by atoms with Gasteiger partial charge in [-0.1, -0.05) is 60.7 Å². The average molecular weight is 476 g/mol. The SMILES string of the molecule is O=C(N[C@@H](Cc1ccc(F)cc1)C(=O)O)C1CCCN1C(=O)Nc1ccccc1-c1ccccc1. The Morgan fingerprint density at radius 1 is 0.971 bits per heavy atom. The number of nitrogens with one attached hydrogen (secondary N) is 2. The second-order valence-corrected chi connectivity index (χ2v) is 8.42. The summed E-state index contributed by atoms with van der Waals surface area (Å²) in [6.07, 6.45) is 1.06. The van der Waals surface area contributed by atoms with Crippen molar-refractivity contribution in [1.29, 1.82) is 0 Å². The molecule has 1 fully saturated rings. The van der Waals surface area contributed by atoms with Crippen molar-refractivity contribution in [2.24, 2.45) is 0 Å². The summed E-state index contributed by atoms with van der Waals surface area (Å²) in [6, 6.07) is 20.1. The number of urea groups is 1. The summed E-state index contributed by atoms with van der Waals surface area (Å²) in [5.74, 6) is -2.15. The fourth-order valence-electron chi connectivity index (χ4n) is 4.26. The highest BCUT2D eigenvalue weighted by Gasteiger charge is 2.36. The molecule has 0 spiro atoms. The molecule has 1 aliphatic rings. The van der Waals surface area contributed by atoms with Crippen LogP contribution in [0.3, 0.4) is 0 Å². The number of halogens is 1. The number of anilines is 1. The highest BCUT2D eigenvalue weighted by molar-refractivity contribution is 5.98. The zero-order chi connectivity index (χ0) is 24.8. The normalized spacial score (nSPS) is 15.9. The first-order valence-electron chi connectivity index (χ1n) is 11.4. The number of hydrogen-bond donors (Lipinski definition) is 3. The summed E-state index contributed by atoms with van der Waals surface area (Å²) in [5, 5.41) is 15.1. The van der Waals surface area contributed by atoms with Crippen LogP contribution in [0.15, 0.2) is 78.9 Å². The van der Waals surface area contributed by atoms with Crippen molar-refractivity contribution in [1.82, 2.24) is 10.2 Å². The van der Waals surface area contributed by atoms with E-state index in [0.29, 0.717) is 30.6 Å². The molecule has 0 aliphatic carbocycles. The van der Waals surface area contributed by atoms with Gasteiger partial charge in [0.25, 0.3) is 0 Å². The van der Waals surface area contributed by atoms with E-state index in [-0.39, 0.29) is 6.42 Å². The summed E-state index contributed by atoms with van der Waals surface area (Å²) < 4.78 is 13.2. The minimum atomic E-state index is -1.20. The van der Waals surface area contributed by atoms with Crippen molar-refractivity contribution in [3.63, 3.8) is 0 Å². The molecule has 3 aromatic carbocycles. The second-order valence-electron chi connectivity index (χ2n) is 8.42. The van der Waals surface area contributed by atoms with Crippen LogP contribution in [-0.4, -0.2) is 46.5 Å². The largest absolute Gasteiger partial charge is 0.480 e. The molecule has 0 aromatic heterocycles. The number of para-hydroxylation sites is 1. The molecule has 2 atom stereocenters. The van der Waals surface area contributed by atoms with Gasteiger partial charge in [-0.2, -0.15) is 0 Å². The minimum absolute atomic E-state index is 0.00468. The van der Waals surface area contributed by atoms with Crippen molar-refractivity contribution < 1.29 is 23.9 Å². The number of rotatable bonds is 7. The lowest BCUT2D eigenvalue weighted by Gasteiger charge is -2.26. The van der Waals surface area contributed by atoms with Crippen LogP contribution in [0.25, 0.3) is 11.1 Å². The number of hydrogen-bond acceptors (Lipinski definition) is 3. The van der Waals surface area contributed by atoms with Gasteiger partial charge in [-0.15, -0.1) is 0 Å². The van der Waals surface area contributed by atoms with Crippen LogP contribution < -0.4 is 10.6 Å². The van der Waals surface area contributed by atoms with Crippen LogP contribution in [0.2, 0.25) is 0 Å². The van der Waals surface area contributed by atoms with E-state index in [4.69, 9.17) is 0 Å². The predicted molar refractivity (Wildman–Crippen MR) is 130 cm³/mol. The number of carbonyl (C=O) groups is 3. The Morgan fingerprint density at radius 3 is 2.37 bits per heavy atom. The molecular formula is C27H26FN3O4. The summed E-state index contributed by atoms with van der Waals surface area (Å²) in [5.41, 5.74) is 3.00. The van der Waals surface area contributed by atoms with Crippen LogP contribution in [-0.2, 0) is 16.0 Å². The number of carboxylic acid groups (broad SMARTS) is 1. The van der Waals surface area contributed by atoms with Crippen molar-refractivity contribution in [2.45, 2.75) is 31.3 Å². The number of benzene rings is 3. The molecule has 8 heteroatoms. The summed E-state index contributed by atoms with van der Waals surface area (Å²) in [6.45, 7) is 0.382. The standard InChI is InChI=1S/C27H26FN3O4/c28-20-14-12-18(13-15-20)17-23(26(33)34)29-25(32)24-11-6-16-31(24)27(35)30-22-10-5-4-9-21(22)19-7-2-1-3-8-19/h1-5,7-10,12-15,23-24H,6,11,16-17H2,(H,29,32)(H,30,35)(H,33,34)/t23-,24?/m0/s1. The van der Waals surface area contributed by atoms with E-state index < -0.39 is 35.8 Å². The molecule has 3 aromatic rings. The quantitative estimate of drug-likeness (QED) is 0.475. The van der Waals surface area contributed by atoms with Crippen LogP contribution >= 0.6 is 0 Å². The van der Waals surface area contributed by atoms with Gasteiger partial charge in [0.2, 0.25) is 5.91 Å². The molecule has 3 amide bonds. The van der Waals surface area contributed by atoms with Crippen LogP contribution in [0.5, 0.6) is 0 Å². The maximum atomic E-state index is 13.2. The Bertz CT molecular complexity index is 1200. The molecule has 3 N–H and O–H groups in total. The van der Waals surface area contributed by atoms with Crippen LogP contribution in [0, 0.1) is 5.82 Å². The number of aliphatic carboxylic acids is 1. The molecule has 1 heterocycles. The monoisotopic (exact) mass is 475 g/mol. The van der Waals surface area contributed by atoms with Crippen molar-refractivity contribution >= 4 is 23.6 Å². The molecule has 0 bridgehead atoms. The van der Waals surface area contributed by atoms with Crippen LogP contribution in [0.1, 0.15) is 18.4 Å². The third-order valence-electron chi connectivity index (χ3n) is 6.04.